The van der Waals surface area contributed by atoms with Gasteiger partial charge >= 0.3 is 0 Å². The van der Waals surface area contributed by atoms with Crippen molar-refractivity contribution in [2.45, 2.75) is 32.3 Å². The SMILES string of the molecule is CNC(=O)C1CNc2cc(NC(=O)/C=C/c3ccc(C(C)(C)C)cc3)ccc2O1. The van der Waals surface area contributed by atoms with Crippen molar-refractivity contribution in [2.24, 2.45) is 0 Å². The van der Waals surface area contributed by atoms with Gasteiger partial charge < -0.3 is 20.7 Å². The van der Waals surface area contributed by atoms with Crippen molar-refractivity contribution in [1.29, 1.82) is 0 Å². The van der Waals surface area contributed by atoms with E-state index < -0.39 is 6.10 Å². The van der Waals surface area contributed by atoms with Gasteiger partial charge in [-0.25, -0.2) is 0 Å². The molecule has 1 aliphatic heterocycles. The molecule has 1 aliphatic rings. The van der Waals surface area contributed by atoms with Crippen LogP contribution in [0.1, 0.15) is 31.9 Å². The Labute approximate surface area is 171 Å². The van der Waals surface area contributed by atoms with Crippen LogP contribution < -0.4 is 20.7 Å². The van der Waals surface area contributed by atoms with E-state index in [2.05, 4.69) is 48.9 Å². The fourth-order valence-electron chi connectivity index (χ4n) is 3.00. The van der Waals surface area contributed by atoms with Crippen LogP contribution in [0.15, 0.2) is 48.5 Å². The maximum Gasteiger partial charge on any atom is 0.262 e. The van der Waals surface area contributed by atoms with E-state index in [4.69, 9.17) is 4.74 Å². The monoisotopic (exact) mass is 393 g/mol. The van der Waals surface area contributed by atoms with E-state index in [1.165, 1.54) is 11.6 Å². The molecule has 2 aromatic rings. The van der Waals surface area contributed by atoms with Crippen molar-refractivity contribution in [1.82, 2.24) is 5.32 Å². The van der Waals surface area contributed by atoms with Gasteiger partial charge in [0.2, 0.25) is 5.91 Å². The second-order valence-electron chi connectivity index (χ2n) is 8.01. The van der Waals surface area contributed by atoms with Gasteiger partial charge in [-0.15, -0.1) is 0 Å². The second-order valence-corrected chi connectivity index (χ2v) is 8.01. The van der Waals surface area contributed by atoms with E-state index in [0.29, 0.717) is 18.0 Å². The summed E-state index contributed by atoms with van der Waals surface area (Å²) < 4.78 is 5.68. The number of hydrogen-bond acceptors (Lipinski definition) is 4. The standard InChI is InChI=1S/C23H27N3O3/c1-23(2,3)16-8-5-15(6-9-16)7-12-21(27)26-17-10-11-19-18(13-17)25-14-20(29-19)22(28)24-4/h5-13,20,25H,14H2,1-4H3,(H,24,28)(H,26,27)/b12-7+. The molecule has 29 heavy (non-hydrogen) atoms. The second kappa shape index (κ2) is 8.39. The summed E-state index contributed by atoms with van der Waals surface area (Å²) in [5.41, 5.74) is 3.71. The number of nitrogens with one attached hydrogen (secondary N) is 3. The molecule has 3 rings (SSSR count). The third-order valence-corrected chi connectivity index (χ3v) is 4.74. The molecule has 0 saturated carbocycles. The van der Waals surface area contributed by atoms with E-state index in [0.717, 1.165) is 11.3 Å². The number of rotatable bonds is 4. The Balaban J connectivity index is 1.61. The van der Waals surface area contributed by atoms with Gasteiger partial charge in [0, 0.05) is 18.8 Å². The minimum atomic E-state index is -0.569. The highest BCUT2D eigenvalue weighted by Crippen LogP contribution is 2.31. The largest absolute Gasteiger partial charge is 0.477 e. The lowest BCUT2D eigenvalue weighted by Crippen LogP contribution is -2.43. The van der Waals surface area contributed by atoms with Crippen LogP contribution >= 0.6 is 0 Å². The molecule has 3 N–H and O–H groups in total. The van der Waals surface area contributed by atoms with Crippen LogP contribution in [0.4, 0.5) is 11.4 Å². The summed E-state index contributed by atoms with van der Waals surface area (Å²) in [5, 5.41) is 8.58. The number of benzene rings is 2. The fraction of sp³-hybridized carbons (Fsp3) is 0.304. The Morgan fingerprint density at radius 3 is 2.52 bits per heavy atom. The van der Waals surface area contributed by atoms with Crippen LogP contribution in [0.3, 0.4) is 0 Å². The van der Waals surface area contributed by atoms with Crippen LogP contribution in [0, 0.1) is 0 Å². The predicted octanol–water partition coefficient (Wildman–Crippen LogP) is 3.55. The number of hydrogen-bond donors (Lipinski definition) is 3. The molecular formula is C23H27N3O3. The van der Waals surface area contributed by atoms with Crippen molar-refractivity contribution in [3.63, 3.8) is 0 Å². The topological polar surface area (TPSA) is 79.5 Å². The molecule has 6 heteroatoms. The fourth-order valence-corrected chi connectivity index (χ4v) is 3.00. The molecule has 0 aliphatic carbocycles. The van der Waals surface area contributed by atoms with Gasteiger partial charge in [-0.3, -0.25) is 9.59 Å². The maximum atomic E-state index is 12.3. The molecule has 0 saturated heterocycles. The van der Waals surface area contributed by atoms with Gasteiger partial charge in [0.15, 0.2) is 6.10 Å². The summed E-state index contributed by atoms with van der Waals surface area (Å²) in [5.74, 6) is 0.184. The molecule has 2 aromatic carbocycles. The van der Waals surface area contributed by atoms with E-state index in [-0.39, 0.29) is 17.2 Å². The Bertz CT molecular complexity index is 927. The van der Waals surface area contributed by atoms with E-state index in [1.54, 1.807) is 31.3 Å². The summed E-state index contributed by atoms with van der Waals surface area (Å²) >= 11 is 0. The number of anilines is 2. The van der Waals surface area contributed by atoms with Crippen molar-refractivity contribution >= 4 is 29.3 Å². The van der Waals surface area contributed by atoms with E-state index >= 15 is 0 Å². The molecular weight excluding hydrogens is 366 g/mol. The zero-order valence-electron chi connectivity index (χ0n) is 17.2. The summed E-state index contributed by atoms with van der Waals surface area (Å²) in [7, 11) is 1.58. The van der Waals surface area contributed by atoms with Crippen LogP contribution in [-0.2, 0) is 15.0 Å². The lowest BCUT2D eigenvalue weighted by molar-refractivity contribution is -0.127. The minimum absolute atomic E-state index is 0.101. The molecule has 0 spiro atoms. The van der Waals surface area contributed by atoms with Crippen molar-refractivity contribution < 1.29 is 14.3 Å². The molecule has 1 atom stereocenters. The molecule has 2 amide bonds. The number of carbonyl (C=O) groups is 2. The summed E-state index contributed by atoms with van der Waals surface area (Å²) in [4.78, 5) is 24.0. The zero-order valence-corrected chi connectivity index (χ0v) is 17.2. The minimum Gasteiger partial charge on any atom is -0.477 e. The average molecular weight is 393 g/mol. The van der Waals surface area contributed by atoms with Gasteiger partial charge in [0.1, 0.15) is 5.75 Å². The molecule has 0 aromatic heterocycles. The number of ether oxygens (including phenoxy) is 1. The van der Waals surface area contributed by atoms with Crippen LogP contribution in [-0.4, -0.2) is 31.5 Å². The first-order valence-electron chi connectivity index (χ1n) is 9.62. The molecule has 6 nitrogen and oxygen atoms in total. The smallest absolute Gasteiger partial charge is 0.262 e. The first kappa shape index (κ1) is 20.5. The lowest BCUT2D eigenvalue weighted by Gasteiger charge is -2.26. The summed E-state index contributed by atoms with van der Waals surface area (Å²) in [6.07, 6.45) is 2.73. The quantitative estimate of drug-likeness (QED) is 0.694. The Morgan fingerprint density at radius 1 is 1.14 bits per heavy atom. The van der Waals surface area contributed by atoms with Gasteiger partial charge in [0.05, 0.1) is 12.2 Å². The van der Waals surface area contributed by atoms with Gasteiger partial charge in [-0.2, -0.15) is 0 Å². The Morgan fingerprint density at radius 2 is 1.86 bits per heavy atom. The number of likely N-dealkylation sites (N-methyl/N-ethyl adjacent to an activating group) is 1. The van der Waals surface area contributed by atoms with Crippen LogP contribution in [0.2, 0.25) is 0 Å². The molecule has 1 heterocycles. The molecule has 152 valence electrons. The molecule has 1 unspecified atom stereocenters. The van der Waals surface area contributed by atoms with Gasteiger partial charge in [0.25, 0.3) is 5.91 Å². The zero-order chi connectivity index (χ0) is 21.0. The van der Waals surface area contributed by atoms with Crippen molar-refractivity contribution in [3.05, 3.63) is 59.7 Å². The van der Waals surface area contributed by atoms with Crippen LogP contribution in [0.25, 0.3) is 6.08 Å². The third-order valence-electron chi connectivity index (χ3n) is 4.74. The van der Waals surface area contributed by atoms with Crippen molar-refractivity contribution in [3.8, 4) is 5.75 Å². The maximum absolute atomic E-state index is 12.3. The highest BCUT2D eigenvalue weighted by Gasteiger charge is 2.25. The number of carbonyl (C=O) groups excluding carboxylic acids is 2. The van der Waals surface area contributed by atoms with Gasteiger partial charge in [-0.1, -0.05) is 45.0 Å². The molecule has 0 fully saturated rings. The molecule has 0 bridgehead atoms. The first-order chi connectivity index (χ1) is 13.8. The Kier molecular flexibility index (Phi) is 5.92. The summed E-state index contributed by atoms with van der Waals surface area (Å²) in [6.45, 7) is 6.88. The highest BCUT2D eigenvalue weighted by molar-refractivity contribution is 6.02. The van der Waals surface area contributed by atoms with Crippen LogP contribution in [0.5, 0.6) is 5.75 Å². The number of amides is 2. The predicted molar refractivity (Wildman–Crippen MR) is 116 cm³/mol. The van der Waals surface area contributed by atoms with E-state index in [1.807, 2.05) is 12.1 Å². The third kappa shape index (κ3) is 5.16. The lowest BCUT2D eigenvalue weighted by atomic mass is 9.87. The Hall–Kier alpha value is -3.28. The van der Waals surface area contributed by atoms with Gasteiger partial charge in [-0.05, 0) is 40.8 Å². The highest BCUT2D eigenvalue weighted by atomic mass is 16.5. The molecule has 0 radical (unpaired) electrons. The average Bonchev–Trinajstić information content (AvgIpc) is 2.71. The van der Waals surface area contributed by atoms with Crippen molar-refractivity contribution in [2.75, 3.05) is 24.2 Å². The summed E-state index contributed by atoms with van der Waals surface area (Å²) in [6, 6.07) is 13.5. The number of fused-ring (bicyclic) bond motifs is 1. The van der Waals surface area contributed by atoms with E-state index in [9.17, 15) is 9.59 Å². The first-order valence-corrected chi connectivity index (χ1v) is 9.62. The normalized spacial score (nSPS) is 15.8.